The molecule has 26 heavy (non-hydrogen) atoms. The zero-order chi connectivity index (χ0) is 18.5. The number of carbonyl (C=O) groups excluding carboxylic acids is 1. The average molecular weight is 374 g/mol. The zero-order valence-corrected chi connectivity index (χ0v) is 15.5. The number of benzene rings is 1. The van der Waals surface area contributed by atoms with Crippen molar-refractivity contribution in [2.75, 3.05) is 13.2 Å². The van der Waals surface area contributed by atoms with Crippen LogP contribution < -0.4 is 4.74 Å². The summed E-state index contributed by atoms with van der Waals surface area (Å²) in [5.41, 5.74) is 1.22. The number of nitrogens with zero attached hydrogens (tertiary/aromatic N) is 2. The molecule has 3 rings (SSSR count). The highest BCUT2D eigenvalue weighted by atomic mass is 32.1. The van der Waals surface area contributed by atoms with Crippen molar-refractivity contribution in [1.29, 1.82) is 0 Å². The molecule has 1 aromatic heterocycles. The predicted molar refractivity (Wildman–Crippen MR) is 99.6 cm³/mol. The van der Waals surface area contributed by atoms with Gasteiger partial charge in [-0.05, 0) is 49.9 Å². The van der Waals surface area contributed by atoms with E-state index in [1.54, 1.807) is 5.38 Å². The Labute approximate surface area is 156 Å². The third kappa shape index (κ3) is 4.04. The number of carboxylic acid groups (broad SMARTS) is 1. The maximum Gasteiger partial charge on any atom is 0.326 e. The van der Waals surface area contributed by atoms with E-state index in [9.17, 15) is 14.7 Å². The van der Waals surface area contributed by atoms with Gasteiger partial charge in [-0.25, -0.2) is 9.78 Å². The van der Waals surface area contributed by atoms with Crippen molar-refractivity contribution >= 4 is 23.2 Å². The van der Waals surface area contributed by atoms with Gasteiger partial charge in [-0.15, -0.1) is 11.3 Å². The normalized spacial score (nSPS) is 17.1. The Hall–Kier alpha value is -2.41. The zero-order valence-electron chi connectivity index (χ0n) is 14.7. The molecule has 2 aromatic rings. The second-order valence-electron chi connectivity index (χ2n) is 6.26. The average Bonchev–Trinajstić information content (AvgIpc) is 3.16. The molecule has 1 aromatic carbocycles. The van der Waals surface area contributed by atoms with Crippen molar-refractivity contribution in [1.82, 2.24) is 9.88 Å². The molecule has 1 atom stereocenters. The van der Waals surface area contributed by atoms with E-state index in [1.165, 1.54) is 16.2 Å². The molecule has 0 radical (unpaired) electrons. The summed E-state index contributed by atoms with van der Waals surface area (Å²) in [6.45, 7) is 3.20. The monoisotopic (exact) mass is 374 g/mol. The molecule has 0 unspecified atom stereocenters. The van der Waals surface area contributed by atoms with Crippen molar-refractivity contribution < 1.29 is 19.4 Å². The van der Waals surface area contributed by atoms with E-state index < -0.39 is 12.0 Å². The fraction of sp³-hybridized carbons (Fsp3) is 0.421. The number of hydrogen-bond acceptors (Lipinski definition) is 5. The largest absolute Gasteiger partial charge is 0.494 e. The van der Waals surface area contributed by atoms with Crippen LogP contribution in [0.1, 0.15) is 43.1 Å². The van der Waals surface area contributed by atoms with Gasteiger partial charge in [-0.1, -0.05) is 6.92 Å². The van der Waals surface area contributed by atoms with Crippen molar-refractivity contribution in [2.24, 2.45) is 0 Å². The number of aliphatic carboxylic acids is 1. The van der Waals surface area contributed by atoms with Crippen molar-refractivity contribution in [3.8, 4) is 16.3 Å². The van der Waals surface area contributed by atoms with Gasteiger partial charge in [0, 0.05) is 17.5 Å². The number of carbonyl (C=O) groups is 2. The molecule has 0 spiro atoms. The molecule has 1 aliphatic rings. The Morgan fingerprint density at radius 1 is 1.31 bits per heavy atom. The molecular weight excluding hydrogens is 352 g/mol. The van der Waals surface area contributed by atoms with Crippen LogP contribution in [0.4, 0.5) is 0 Å². The fourth-order valence-electron chi connectivity index (χ4n) is 3.00. The van der Waals surface area contributed by atoms with Crippen LogP contribution in [0.25, 0.3) is 10.6 Å². The topological polar surface area (TPSA) is 79.7 Å². The third-order valence-corrected chi connectivity index (χ3v) is 5.24. The molecule has 7 heteroatoms. The van der Waals surface area contributed by atoms with E-state index in [-0.39, 0.29) is 5.91 Å². The van der Waals surface area contributed by atoms with E-state index >= 15 is 0 Å². The number of ether oxygens (including phenoxy) is 1. The standard InChI is InChI=1S/C19H22N2O4S/c1-2-11-25-14-8-6-13(7-9-14)17-20-15(12-26-17)18(22)21-10-4-3-5-16(21)19(23)24/h6-9,12,16H,2-5,10-11H2,1H3,(H,23,24)/t16-/m1/s1. The Kier molecular flexibility index (Phi) is 5.88. The lowest BCUT2D eigenvalue weighted by Gasteiger charge is -2.32. The Morgan fingerprint density at radius 3 is 2.77 bits per heavy atom. The summed E-state index contributed by atoms with van der Waals surface area (Å²) in [5, 5.41) is 11.8. The fourth-order valence-corrected chi connectivity index (χ4v) is 3.80. The maximum atomic E-state index is 12.7. The van der Waals surface area contributed by atoms with Gasteiger partial charge in [-0.3, -0.25) is 4.79 Å². The summed E-state index contributed by atoms with van der Waals surface area (Å²) in [6, 6.07) is 6.85. The van der Waals surface area contributed by atoms with Crippen LogP contribution in [0.3, 0.4) is 0 Å². The van der Waals surface area contributed by atoms with E-state index in [2.05, 4.69) is 11.9 Å². The molecular formula is C19H22N2O4S. The van der Waals surface area contributed by atoms with Crippen LogP contribution in [-0.2, 0) is 4.79 Å². The Balaban J connectivity index is 1.74. The highest BCUT2D eigenvalue weighted by Crippen LogP contribution is 2.27. The molecule has 0 saturated carbocycles. The smallest absolute Gasteiger partial charge is 0.326 e. The predicted octanol–water partition coefficient (Wildman–Crippen LogP) is 3.68. The van der Waals surface area contributed by atoms with Crippen LogP contribution >= 0.6 is 11.3 Å². The lowest BCUT2D eigenvalue weighted by molar-refractivity contribution is -0.143. The molecule has 138 valence electrons. The van der Waals surface area contributed by atoms with Gasteiger partial charge in [0.15, 0.2) is 0 Å². The lowest BCUT2D eigenvalue weighted by atomic mass is 10.0. The number of piperidine rings is 1. The quantitative estimate of drug-likeness (QED) is 0.834. The second-order valence-corrected chi connectivity index (χ2v) is 7.12. The molecule has 0 aliphatic carbocycles. The van der Waals surface area contributed by atoms with E-state index in [1.807, 2.05) is 24.3 Å². The van der Waals surface area contributed by atoms with Crippen LogP contribution in [0.5, 0.6) is 5.75 Å². The summed E-state index contributed by atoms with van der Waals surface area (Å²) in [4.78, 5) is 30.0. The first-order valence-electron chi connectivity index (χ1n) is 8.82. The molecule has 6 nitrogen and oxygen atoms in total. The van der Waals surface area contributed by atoms with Gasteiger partial charge in [0.2, 0.25) is 0 Å². The molecule has 1 saturated heterocycles. The van der Waals surface area contributed by atoms with E-state index in [0.717, 1.165) is 35.6 Å². The number of carboxylic acids is 1. The van der Waals surface area contributed by atoms with Crippen LogP contribution in [0.2, 0.25) is 0 Å². The minimum absolute atomic E-state index is 0.303. The van der Waals surface area contributed by atoms with E-state index in [0.29, 0.717) is 25.3 Å². The molecule has 2 heterocycles. The highest BCUT2D eigenvalue weighted by Gasteiger charge is 2.33. The van der Waals surface area contributed by atoms with Gasteiger partial charge in [0.1, 0.15) is 22.5 Å². The second kappa shape index (κ2) is 8.31. The first kappa shape index (κ1) is 18.4. The van der Waals surface area contributed by atoms with Gasteiger partial charge in [0.05, 0.1) is 6.61 Å². The summed E-state index contributed by atoms with van der Waals surface area (Å²) in [6.07, 6.45) is 3.10. The Morgan fingerprint density at radius 2 is 2.08 bits per heavy atom. The van der Waals surface area contributed by atoms with Crippen molar-refractivity contribution in [2.45, 2.75) is 38.6 Å². The molecule has 0 bridgehead atoms. The number of likely N-dealkylation sites (tertiary alicyclic amines) is 1. The molecule has 1 fully saturated rings. The van der Waals surface area contributed by atoms with Gasteiger partial charge in [0.25, 0.3) is 5.91 Å². The maximum absolute atomic E-state index is 12.7. The number of rotatable bonds is 6. The number of amides is 1. The molecule has 1 amide bonds. The Bertz CT molecular complexity index is 772. The van der Waals surface area contributed by atoms with E-state index in [4.69, 9.17) is 4.74 Å². The van der Waals surface area contributed by atoms with Crippen LogP contribution in [0.15, 0.2) is 29.6 Å². The first-order valence-corrected chi connectivity index (χ1v) is 9.70. The van der Waals surface area contributed by atoms with Crippen molar-refractivity contribution in [3.63, 3.8) is 0 Å². The number of thiazole rings is 1. The van der Waals surface area contributed by atoms with Crippen molar-refractivity contribution in [3.05, 3.63) is 35.3 Å². The number of aromatic nitrogens is 1. The summed E-state index contributed by atoms with van der Waals surface area (Å²) < 4.78 is 5.57. The lowest BCUT2D eigenvalue weighted by Crippen LogP contribution is -2.48. The van der Waals surface area contributed by atoms with Gasteiger partial charge < -0.3 is 14.7 Å². The summed E-state index contributed by atoms with van der Waals surface area (Å²) in [7, 11) is 0. The van der Waals surface area contributed by atoms with Crippen LogP contribution in [0, 0.1) is 0 Å². The van der Waals surface area contributed by atoms with Gasteiger partial charge >= 0.3 is 5.97 Å². The highest BCUT2D eigenvalue weighted by molar-refractivity contribution is 7.13. The summed E-state index contributed by atoms with van der Waals surface area (Å²) in [5.74, 6) is -0.445. The molecule has 1 N–H and O–H groups in total. The SMILES string of the molecule is CCCOc1ccc(-c2nc(C(=O)N3CCCC[C@@H]3C(=O)O)cs2)cc1. The van der Waals surface area contributed by atoms with Crippen LogP contribution in [-0.4, -0.2) is 46.1 Å². The minimum atomic E-state index is -0.948. The summed E-state index contributed by atoms with van der Waals surface area (Å²) >= 11 is 1.38. The third-order valence-electron chi connectivity index (χ3n) is 4.35. The molecule has 1 aliphatic heterocycles. The van der Waals surface area contributed by atoms with Gasteiger partial charge in [-0.2, -0.15) is 0 Å². The first-order chi connectivity index (χ1) is 12.6. The number of hydrogen-bond donors (Lipinski definition) is 1. The minimum Gasteiger partial charge on any atom is -0.494 e.